The summed E-state index contributed by atoms with van der Waals surface area (Å²) in [6.45, 7) is 6.39. The number of carbonyl (C=O) groups excluding carboxylic acids is 1. The molecule has 0 aliphatic carbocycles. The Morgan fingerprint density at radius 3 is 2.51 bits per heavy atom. The number of esters is 1. The van der Waals surface area contributed by atoms with Crippen molar-refractivity contribution in [2.24, 2.45) is 4.99 Å². The quantitative estimate of drug-likeness (QED) is 0.185. The molecule has 178 valence electrons. The van der Waals surface area contributed by atoms with Gasteiger partial charge in [0.25, 0.3) is 5.69 Å². The maximum Gasteiger partial charge on any atom is 0.363 e. The lowest BCUT2D eigenvalue weighted by Crippen LogP contribution is -2.06. The van der Waals surface area contributed by atoms with Gasteiger partial charge in [-0.15, -0.1) is 0 Å². The van der Waals surface area contributed by atoms with E-state index in [-0.39, 0.29) is 17.3 Å². The molecule has 0 saturated carbocycles. The molecule has 8 heteroatoms. The zero-order valence-electron chi connectivity index (χ0n) is 19.6. The third-order valence-electron chi connectivity index (χ3n) is 5.48. The van der Waals surface area contributed by atoms with Crippen LogP contribution in [0.1, 0.15) is 34.7 Å². The fourth-order valence-electron chi connectivity index (χ4n) is 3.61. The van der Waals surface area contributed by atoms with E-state index in [0.29, 0.717) is 41.4 Å². The Hall–Kier alpha value is -4.46. The molecule has 0 amide bonds. The molecule has 0 unspecified atom stereocenters. The Morgan fingerprint density at radius 2 is 1.80 bits per heavy atom. The summed E-state index contributed by atoms with van der Waals surface area (Å²) in [5.74, 6) is 0.644. The molecule has 1 aliphatic heterocycles. The third kappa shape index (κ3) is 5.38. The molecule has 0 atom stereocenters. The van der Waals surface area contributed by atoms with Crippen molar-refractivity contribution >= 4 is 23.6 Å². The number of aliphatic imine (C=N–C) groups is 1. The number of nitro groups is 1. The number of cyclic esters (lactones) is 1. The van der Waals surface area contributed by atoms with E-state index in [4.69, 9.17) is 14.2 Å². The summed E-state index contributed by atoms with van der Waals surface area (Å²) in [5.41, 5.74) is 3.95. The SMILES string of the molecule is CCOc1cc(/C=C2\N=C(c3ccc([N+](=O)[O-])c(C)c3)OC2=O)ccc1OCc1ccccc1C. The molecule has 0 fully saturated rings. The van der Waals surface area contributed by atoms with Gasteiger partial charge in [0.15, 0.2) is 17.2 Å². The summed E-state index contributed by atoms with van der Waals surface area (Å²) in [5, 5.41) is 11.0. The van der Waals surface area contributed by atoms with Crippen LogP contribution in [0.15, 0.2) is 71.4 Å². The third-order valence-corrected chi connectivity index (χ3v) is 5.48. The van der Waals surface area contributed by atoms with Gasteiger partial charge in [-0.2, -0.15) is 0 Å². The fourth-order valence-corrected chi connectivity index (χ4v) is 3.61. The second-order valence-electron chi connectivity index (χ2n) is 7.95. The van der Waals surface area contributed by atoms with E-state index >= 15 is 0 Å². The van der Waals surface area contributed by atoms with Crippen LogP contribution >= 0.6 is 0 Å². The number of hydrogen-bond donors (Lipinski definition) is 0. The van der Waals surface area contributed by atoms with Crippen LogP contribution in [0, 0.1) is 24.0 Å². The fraction of sp³-hybridized carbons (Fsp3) is 0.185. The molecule has 0 spiro atoms. The first-order chi connectivity index (χ1) is 16.9. The van der Waals surface area contributed by atoms with Crippen LogP contribution in [0.25, 0.3) is 6.08 Å². The highest BCUT2D eigenvalue weighted by Crippen LogP contribution is 2.31. The Bertz CT molecular complexity index is 1360. The highest BCUT2D eigenvalue weighted by Gasteiger charge is 2.25. The van der Waals surface area contributed by atoms with Gasteiger partial charge in [0.2, 0.25) is 5.90 Å². The van der Waals surface area contributed by atoms with Gasteiger partial charge in [-0.25, -0.2) is 9.79 Å². The van der Waals surface area contributed by atoms with Crippen molar-refractivity contribution in [3.05, 3.63) is 104 Å². The molecule has 0 N–H and O–H groups in total. The number of aryl methyl sites for hydroxylation is 2. The molecule has 3 aromatic carbocycles. The topological polar surface area (TPSA) is 100 Å². The van der Waals surface area contributed by atoms with Crippen LogP contribution in [-0.2, 0) is 16.1 Å². The highest BCUT2D eigenvalue weighted by molar-refractivity contribution is 6.13. The van der Waals surface area contributed by atoms with Crippen molar-refractivity contribution in [1.29, 1.82) is 0 Å². The molecule has 0 aromatic heterocycles. The second-order valence-corrected chi connectivity index (χ2v) is 7.95. The summed E-state index contributed by atoms with van der Waals surface area (Å²) in [6, 6.07) is 17.8. The molecule has 1 heterocycles. The number of hydrogen-bond acceptors (Lipinski definition) is 7. The standard InChI is InChI=1S/C27H24N2O6/c1-4-33-25-15-19(9-12-24(25)34-16-21-8-6-5-7-17(21)2)14-22-27(30)35-26(28-22)20-10-11-23(29(31)32)18(3)13-20/h5-15H,4,16H2,1-3H3/b22-14-. The van der Waals surface area contributed by atoms with E-state index < -0.39 is 10.9 Å². The maximum absolute atomic E-state index is 12.4. The van der Waals surface area contributed by atoms with Crippen LogP contribution in [0.5, 0.6) is 11.5 Å². The molecule has 4 rings (SSSR count). The van der Waals surface area contributed by atoms with Crippen LogP contribution in [0.4, 0.5) is 5.69 Å². The number of nitrogens with zero attached hydrogens (tertiary/aromatic N) is 2. The van der Waals surface area contributed by atoms with Crippen molar-refractivity contribution in [2.75, 3.05) is 6.61 Å². The van der Waals surface area contributed by atoms with Gasteiger partial charge in [0.1, 0.15) is 6.61 Å². The van der Waals surface area contributed by atoms with Gasteiger partial charge in [0.05, 0.1) is 11.5 Å². The van der Waals surface area contributed by atoms with Crippen LogP contribution in [-0.4, -0.2) is 23.4 Å². The molecule has 0 saturated heterocycles. The van der Waals surface area contributed by atoms with Crippen molar-refractivity contribution in [1.82, 2.24) is 0 Å². The number of ether oxygens (including phenoxy) is 3. The summed E-state index contributed by atoms with van der Waals surface area (Å²) >= 11 is 0. The first-order valence-corrected chi connectivity index (χ1v) is 11.1. The number of rotatable bonds is 8. The van der Waals surface area contributed by atoms with Gasteiger partial charge < -0.3 is 14.2 Å². The summed E-state index contributed by atoms with van der Waals surface area (Å²) in [6.07, 6.45) is 1.60. The van der Waals surface area contributed by atoms with Crippen LogP contribution in [0.3, 0.4) is 0 Å². The van der Waals surface area contributed by atoms with Gasteiger partial charge in [-0.3, -0.25) is 10.1 Å². The molecule has 8 nitrogen and oxygen atoms in total. The van der Waals surface area contributed by atoms with E-state index in [2.05, 4.69) is 4.99 Å². The predicted octanol–water partition coefficient (Wildman–Crippen LogP) is 5.53. The van der Waals surface area contributed by atoms with E-state index in [1.54, 1.807) is 37.3 Å². The van der Waals surface area contributed by atoms with E-state index in [0.717, 1.165) is 11.1 Å². The minimum Gasteiger partial charge on any atom is -0.490 e. The predicted molar refractivity (Wildman–Crippen MR) is 132 cm³/mol. The largest absolute Gasteiger partial charge is 0.490 e. The normalized spacial score (nSPS) is 14.0. The van der Waals surface area contributed by atoms with Crippen molar-refractivity contribution in [2.45, 2.75) is 27.4 Å². The number of carbonyl (C=O) groups is 1. The monoisotopic (exact) mass is 472 g/mol. The van der Waals surface area contributed by atoms with Gasteiger partial charge in [0, 0.05) is 17.2 Å². The first-order valence-electron chi connectivity index (χ1n) is 11.1. The molecule has 1 aliphatic rings. The Morgan fingerprint density at radius 1 is 1.00 bits per heavy atom. The molecular formula is C27H24N2O6. The van der Waals surface area contributed by atoms with Crippen LogP contribution in [0.2, 0.25) is 0 Å². The molecule has 0 radical (unpaired) electrons. The summed E-state index contributed by atoms with van der Waals surface area (Å²) in [7, 11) is 0. The van der Waals surface area contributed by atoms with E-state index in [1.165, 1.54) is 12.1 Å². The minimum absolute atomic E-state index is 0.0115. The number of benzene rings is 3. The van der Waals surface area contributed by atoms with E-state index in [9.17, 15) is 14.9 Å². The smallest absolute Gasteiger partial charge is 0.363 e. The lowest BCUT2D eigenvalue weighted by Gasteiger charge is -2.13. The maximum atomic E-state index is 12.4. The van der Waals surface area contributed by atoms with Crippen LogP contribution < -0.4 is 9.47 Å². The zero-order chi connectivity index (χ0) is 24.9. The lowest BCUT2D eigenvalue weighted by atomic mass is 10.1. The van der Waals surface area contributed by atoms with Gasteiger partial charge in [-0.1, -0.05) is 30.3 Å². The summed E-state index contributed by atoms with van der Waals surface area (Å²) < 4.78 is 17.1. The zero-order valence-corrected chi connectivity index (χ0v) is 19.6. The lowest BCUT2D eigenvalue weighted by molar-refractivity contribution is -0.385. The Labute approximate surface area is 202 Å². The highest BCUT2D eigenvalue weighted by atomic mass is 16.6. The Balaban J connectivity index is 1.57. The average molecular weight is 472 g/mol. The molecule has 35 heavy (non-hydrogen) atoms. The second kappa shape index (κ2) is 10.2. The minimum atomic E-state index is -0.603. The Kier molecular flexibility index (Phi) is 6.91. The van der Waals surface area contributed by atoms with Gasteiger partial charge in [-0.05, 0) is 67.8 Å². The van der Waals surface area contributed by atoms with Crippen molar-refractivity contribution in [3.8, 4) is 11.5 Å². The van der Waals surface area contributed by atoms with Crippen molar-refractivity contribution < 1.29 is 23.9 Å². The van der Waals surface area contributed by atoms with Gasteiger partial charge >= 0.3 is 5.97 Å². The average Bonchev–Trinajstić information content (AvgIpc) is 3.19. The first kappa shape index (κ1) is 23.7. The summed E-state index contributed by atoms with van der Waals surface area (Å²) in [4.78, 5) is 27.3. The molecular weight excluding hydrogens is 448 g/mol. The molecule has 0 bridgehead atoms. The van der Waals surface area contributed by atoms with E-state index in [1.807, 2.05) is 38.1 Å². The van der Waals surface area contributed by atoms with Crippen molar-refractivity contribution in [3.63, 3.8) is 0 Å². The molecule has 3 aromatic rings. The number of nitro benzene ring substituents is 1.